The minimum Gasteiger partial charge on any atom is -0.282 e. The molecule has 0 amide bonds. The zero-order valence-corrected chi connectivity index (χ0v) is 8.35. The van der Waals surface area contributed by atoms with Crippen LogP contribution in [0.4, 0.5) is 0 Å². The maximum absolute atomic E-state index is 10.8. The fourth-order valence-electron chi connectivity index (χ4n) is 1.06. The summed E-state index contributed by atoms with van der Waals surface area (Å²) in [4.78, 5) is -0.0596. The molecule has 1 aromatic carbocycles. The molecule has 0 atom stereocenters. The van der Waals surface area contributed by atoms with Crippen LogP contribution in [-0.4, -0.2) is 18.9 Å². The molecule has 0 aliphatic carbocycles. The average molecular weight is 221 g/mol. The largest absolute Gasteiger partial charge is 0.294 e. The Bertz CT molecular complexity index is 386. The molecule has 0 saturated carbocycles. The van der Waals surface area contributed by atoms with E-state index in [4.69, 9.17) is 16.2 Å². The zero-order valence-electron chi connectivity index (χ0n) is 6.77. The second-order valence-electron chi connectivity index (χ2n) is 2.52. The van der Waals surface area contributed by atoms with Crippen LogP contribution < -0.4 is 0 Å². The summed E-state index contributed by atoms with van der Waals surface area (Å²) in [6, 6.07) is 6.25. The fraction of sp³-hybridized carbons (Fsp3) is 0.250. The average Bonchev–Trinajstić information content (AvgIpc) is 2.04. The molecule has 1 N–H and O–H groups in total. The topological polar surface area (TPSA) is 54.4 Å². The number of halogens is 1. The molecule has 0 aliphatic rings. The lowest BCUT2D eigenvalue weighted by molar-refractivity contribution is 0.482. The first-order valence-corrected chi connectivity index (χ1v) is 5.64. The highest BCUT2D eigenvalue weighted by molar-refractivity contribution is 7.85. The number of hydrogen-bond acceptors (Lipinski definition) is 2. The minimum absolute atomic E-state index is 0.0596. The molecule has 0 spiro atoms. The van der Waals surface area contributed by atoms with Crippen molar-refractivity contribution in [3.05, 3.63) is 29.8 Å². The first-order chi connectivity index (χ1) is 6.05. The van der Waals surface area contributed by atoms with Gasteiger partial charge in [0.05, 0.1) is 4.90 Å². The Kier molecular flexibility index (Phi) is 3.30. The van der Waals surface area contributed by atoms with Gasteiger partial charge in [-0.1, -0.05) is 18.2 Å². The van der Waals surface area contributed by atoms with Crippen molar-refractivity contribution in [1.29, 1.82) is 0 Å². The first kappa shape index (κ1) is 10.5. The van der Waals surface area contributed by atoms with E-state index < -0.39 is 10.1 Å². The molecule has 0 aromatic heterocycles. The summed E-state index contributed by atoms with van der Waals surface area (Å²) in [6.45, 7) is 0. The second kappa shape index (κ2) is 4.09. The van der Waals surface area contributed by atoms with Gasteiger partial charge in [-0.2, -0.15) is 8.42 Å². The van der Waals surface area contributed by atoms with E-state index >= 15 is 0 Å². The molecular formula is C8H9ClO3S. The number of alkyl halides is 1. The van der Waals surface area contributed by atoms with Crippen LogP contribution in [0.3, 0.4) is 0 Å². The van der Waals surface area contributed by atoms with Gasteiger partial charge in [0.25, 0.3) is 10.1 Å². The molecule has 5 heteroatoms. The van der Waals surface area contributed by atoms with Gasteiger partial charge in [-0.05, 0) is 18.1 Å². The van der Waals surface area contributed by atoms with Gasteiger partial charge in [0.15, 0.2) is 0 Å². The van der Waals surface area contributed by atoms with Crippen molar-refractivity contribution in [1.82, 2.24) is 0 Å². The monoisotopic (exact) mass is 220 g/mol. The summed E-state index contributed by atoms with van der Waals surface area (Å²) in [6.07, 6.45) is 0.428. The Morgan fingerprint density at radius 2 is 1.92 bits per heavy atom. The Labute approximate surface area is 82.1 Å². The van der Waals surface area contributed by atoms with Gasteiger partial charge in [-0.25, -0.2) is 0 Å². The van der Waals surface area contributed by atoms with Crippen LogP contribution in [0.5, 0.6) is 0 Å². The molecule has 0 heterocycles. The molecule has 0 fully saturated rings. The van der Waals surface area contributed by atoms with E-state index in [9.17, 15) is 8.42 Å². The molecule has 1 rings (SSSR count). The Hall–Kier alpha value is -0.580. The minimum atomic E-state index is -4.11. The van der Waals surface area contributed by atoms with Gasteiger partial charge >= 0.3 is 0 Å². The van der Waals surface area contributed by atoms with Crippen LogP contribution in [0, 0.1) is 0 Å². The molecule has 0 unspecified atom stereocenters. The van der Waals surface area contributed by atoms with Gasteiger partial charge in [0, 0.05) is 5.88 Å². The van der Waals surface area contributed by atoms with Crippen molar-refractivity contribution in [3.8, 4) is 0 Å². The third kappa shape index (κ3) is 2.69. The third-order valence-electron chi connectivity index (χ3n) is 1.61. The van der Waals surface area contributed by atoms with Gasteiger partial charge < -0.3 is 0 Å². The molecular weight excluding hydrogens is 212 g/mol. The van der Waals surface area contributed by atoms with Crippen LogP contribution in [0.2, 0.25) is 0 Å². The fourth-order valence-corrected chi connectivity index (χ4v) is 2.02. The van der Waals surface area contributed by atoms with Crippen molar-refractivity contribution < 1.29 is 13.0 Å². The molecule has 13 heavy (non-hydrogen) atoms. The summed E-state index contributed by atoms with van der Waals surface area (Å²) < 4.78 is 30.5. The van der Waals surface area contributed by atoms with Crippen LogP contribution in [0.1, 0.15) is 5.56 Å². The summed E-state index contributed by atoms with van der Waals surface area (Å²) in [5.74, 6) is 0.326. The molecule has 3 nitrogen and oxygen atoms in total. The molecule has 0 bridgehead atoms. The predicted molar refractivity (Wildman–Crippen MR) is 50.7 cm³/mol. The standard InChI is InChI=1S/C8H9ClO3S/c9-6-5-7-3-1-2-4-8(7)13(10,11)12/h1-4H,5-6H2,(H,10,11,12). The lowest BCUT2D eigenvalue weighted by Gasteiger charge is -2.03. The normalized spacial score (nSPS) is 11.5. The number of hydrogen-bond donors (Lipinski definition) is 1. The molecule has 0 aliphatic heterocycles. The highest BCUT2D eigenvalue weighted by Gasteiger charge is 2.13. The van der Waals surface area contributed by atoms with E-state index in [-0.39, 0.29) is 4.90 Å². The summed E-state index contributed by atoms with van der Waals surface area (Å²) >= 11 is 5.48. The molecule has 0 saturated heterocycles. The Balaban J connectivity index is 3.20. The first-order valence-electron chi connectivity index (χ1n) is 3.67. The lowest BCUT2D eigenvalue weighted by atomic mass is 10.2. The lowest BCUT2D eigenvalue weighted by Crippen LogP contribution is -2.03. The molecule has 72 valence electrons. The second-order valence-corrected chi connectivity index (χ2v) is 4.29. The van der Waals surface area contributed by atoms with Crippen LogP contribution in [-0.2, 0) is 16.5 Å². The highest BCUT2D eigenvalue weighted by atomic mass is 35.5. The predicted octanol–water partition coefficient (Wildman–Crippen LogP) is 1.71. The highest BCUT2D eigenvalue weighted by Crippen LogP contribution is 2.15. The van der Waals surface area contributed by atoms with Gasteiger partial charge in [0.1, 0.15) is 0 Å². The molecule has 1 aromatic rings. The SMILES string of the molecule is O=S(=O)(O)c1ccccc1CCCl. The Morgan fingerprint density at radius 1 is 1.31 bits per heavy atom. The van der Waals surface area contributed by atoms with Gasteiger partial charge in [-0.15, -0.1) is 11.6 Å². The van der Waals surface area contributed by atoms with Crippen LogP contribution in [0.15, 0.2) is 29.2 Å². The van der Waals surface area contributed by atoms with Crippen molar-refractivity contribution in [3.63, 3.8) is 0 Å². The quantitative estimate of drug-likeness (QED) is 0.623. The van der Waals surface area contributed by atoms with Crippen molar-refractivity contribution in [2.45, 2.75) is 11.3 Å². The van der Waals surface area contributed by atoms with E-state index in [0.29, 0.717) is 17.9 Å². The van der Waals surface area contributed by atoms with Crippen LogP contribution in [0.25, 0.3) is 0 Å². The summed E-state index contributed by atoms with van der Waals surface area (Å²) in [5, 5.41) is 0. The number of rotatable bonds is 3. The van der Waals surface area contributed by atoms with Crippen molar-refractivity contribution in [2.75, 3.05) is 5.88 Å². The Morgan fingerprint density at radius 3 is 2.46 bits per heavy atom. The smallest absolute Gasteiger partial charge is 0.282 e. The van der Waals surface area contributed by atoms with E-state index in [1.807, 2.05) is 0 Å². The maximum Gasteiger partial charge on any atom is 0.294 e. The molecule has 0 radical (unpaired) electrons. The summed E-state index contributed by atoms with van der Waals surface area (Å²) in [5.41, 5.74) is 0.542. The van der Waals surface area contributed by atoms with E-state index in [2.05, 4.69) is 0 Å². The van der Waals surface area contributed by atoms with Crippen molar-refractivity contribution >= 4 is 21.7 Å². The number of aryl methyl sites for hydroxylation is 1. The van der Waals surface area contributed by atoms with E-state index in [0.717, 1.165) is 0 Å². The van der Waals surface area contributed by atoms with Gasteiger partial charge in [-0.3, -0.25) is 4.55 Å². The van der Waals surface area contributed by atoms with Crippen LogP contribution >= 0.6 is 11.6 Å². The van der Waals surface area contributed by atoms with E-state index in [1.54, 1.807) is 18.2 Å². The van der Waals surface area contributed by atoms with Gasteiger partial charge in [0.2, 0.25) is 0 Å². The maximum atomic E-state index is 10.8. The summed E-state index contributed by atoms with van der Waals surface area (Å²) in [7, 11) is -4.11. The van der Waals surface area contributed by atoms with E-state index in [1.165, 1.54) is 6.07 Å². The van der Waals surface area contributed by atoms with Crippen molar-refractivity contribution in [2.24, 2.45) is 0 Å². The number of benzene rings is 1. The zero-order chi connectivity index (χ0) is 9.90. The third-order valence-corrected chi connectivity index (χ3v) is 2.76.